The Morgan fingerprint density at radius 1 is 0.905 bits per heavy atom. The van der Waals surface area contributed by atoms with E-state index in [1.54, 1.807) is 11.3 Å². The lowest BCUT2D eigenvalue weighted by atomic mass is 10.1. The zero-order valence-electron chi connectivity index (χ0n) is 11.7. The van der Waals surface area contributed by atoms with Crippen molar-refractivity contribution < 1.29 is 0 Å². The lowest BCUT2D eigenvalue weighted by molar-refractivity contribution is 0.691. The predicted molar refractivity (Wildman–Crippen MR) is 93.2 cm³/mol. The summed E-state index contributed by atoms with van der Waals surface area (Å²) in [5.41, 5.74) is 2.57. The average Bonchev–Trinajstić information content (AvgIpc) is 3.01. The molecule has 1 aliphatic carbocycles. The first-order valence-corrected chi connectivity index (χ1v) is 9.10. The van der Waals surface area contributed by atoms with Gasteiger partial charge in [0.15, 0.2) is 0 Å². The average molecular weight is 311 g/mol. The van der Waals surface area contributed by atoms with E-state index in [1.165, 1.54) is 33.8 Å². The number of hydrogen-bond donors (Lipinski definition) is 1. The molecule has 1 fully saturated rings. The van der Waals surface area contributed by atoms with Crippen molar-refractivity contribution in [1.82, 2.24) is 0 Å². The van der Waals surface area contributed by atoms with Crippen LogP contribution in [-0.4, -0.2) is 0 Å². The smallest absolute Gasteiger partial charge is 0.0634 e. The van der Waals surface area contributed by atoms with E-state index in [9.17, 15) is 0 Å². The number of para-hydroxylation sites is 1. The minimum absolute atomic E-state index is 0.464. The van der Waals surface area contributed by atoms with Crippen LogP contribution in [0.4, 0.5) is 5.69 Å². The minimum Gasteiger partial charge on any atom is -0.377 e. The number of rotatable bonds is 5. The summed E-state index contributed by atoms with van der Waals surface area (Å²) in [6.45, 7) is 0. The summed E-state index contributed by atoms with van der Waals surface area (Å²) in [7, 11) is 0. The largest absolute Gasteiger partial charge is 0.377 e. The van der Waals surface area contributed by atoms with E-state index >= 15 is 0 Å². The summed E-state index contributed by atoms with van der Waals surface area (Å²) in [5, 5.41) is 8.14. The highest BCUT2D eigenvalue weighted by Crippen LogP contribution is 2.45. The van der Waals surface area contributed by atoms with E-state index in [0.29, 0.717) is 6.04 Å². The second-order valence-corrected chi connectivity index (χ2v) is 7.42. The molecule has 2 heterocycles. The van der Waals surface area contributed by atoms with Crippen LogP contribution in [0.15, 0.2) is 59.3 Å². The first-order chi connectivity index (χ1) is 10.4. The van der Waals surface area contributed by atoms with Crippen LogP contribution < -0.4 is 5.32 Å². The van der Waals surface area contributed by atoms with Gasteiger partial charge in [0.2, 0.25) is 0 Å². The van der Waals surface area contributed by atoms with Gasteiger partial charge in [0.1, 0.15) is 0 Å². The molecule has 1 nitrogen and oxygen atoms in total. The van der Waals surface area contributed by atoms with Crippen LogP contribution in [0.2, 0.25) is 0 Å². The highest BCUT2D eigenvalue weighted by molar-refractivity contribution is 7.13. The summed E-state index contributed by atoms with van der Waals surface area (Å²) >= 11 is 3.66. The Morgan fingerprint density at radius 2 is 1.71 bits per heavy atom. The maximum atomic E-state index is 3.82. The molecule has 0 radical (unpaired) electrons. The van der Waals surface area contributed by atoms with Gasteiger partial charge in [0.05, 0.1) is 6.04 Å². The zero-order valence-corrected chi connectivity index (χ0v) is 13.3. The van der Waals surface area contributed by atoms with Gasteiger partial charge in [-0.2, -0.15) is 0 Å². The summed E-state index contributed by atoms with van der Waals surface area (Å²) in [6, 6.07) is 17.9. The summed E-state index contributed by atoms with van der Waals surface area (Å²) in [5.74, 6) is 0.792. The summed E-state index contributed by atoms with van der Waals surface area (Å²) in [6.07, 6.45) is 2.69. The molecule has 1 unspecified atom stereocenters. The molecule has 3 aromatic rings. The molecule has 0 amide bonds. The van der Waals surface area contributed by atoms with Crippen molar-refractivity contribution in [2.45, 2.75) is 18.9 Å². The van der Waals surface area contributed by atoms with Gasteiger partial charge < -0.3 is 5.32 Å². The van der Waals surface area contributed by atoms with Crippen molar-refractivity contribution in [3.8, 4) is 10.4 Å². The van der Waals surface area contributed by atoms with Crippen LogP contribution in [-0.2, 0) is 0 Å². The first kappa shape index (κ1) is 13.1. The predicted octanol–water partition coefficient (Wildman–Crippen LogP) is 6.04. The fourth-order valence-corrected chi connectivity index (χ4v) is 4.38. The monoisotopic (exact) mass is 311 g/mol. The van der Waals surface area contributed by atoms with Crippen LogP contribution in [0.5, 0.6) is 0 Å². The lowest BCUT2D eigenvalue weighted by Gasteiger charge is -2.20. The highest BCUT2D eigenvalue weighted by Gasteiger charge is 2.33. The number of thiophene rings is 2. The quantitative estimate of drug-likeness (QED) is 0.605. The second kappa shape index (κ2) is 5.66. The standard InChI is InChI=1S/C18H17NS2/c1-2-6-15(14(5-1)16-7-3-11-20-16)19-18(13-9-10-13)17-8-4-12-21-17/h1-8,11-13,18-19H,9-10H2. The van der Waals surface area contributed by atoms with Gasteiger partial charge >= 0.3 is 0 Å². The number of hydrogen-bond acceptors (Lipinski definition) is 3. The molecule has 0 bridgehead atoms. The van der Waals surface area contributed by atoms with Crippen LogP contribution >= 0.6 is 22.7 Å². The van der Waals surface area contributed by atoms with Crippen molar-refractivity contribution in [2.24, 2.45) is 5.92 Å². The Bertz CT molecular complexity index is 697. The van der Waals surface area contributed by atoms with E-state index in [0.717, 1.165) is 5.92 Å². The molecule has 1 aliphatic rings. The van der Waals surface area contributed by atoms with Crippen LogP contribution in [0.25, 0.3) is 10.4 Å². The number of benzene rings is 1. The Morgan fingerprint density at radius 3 is 2.43 bits per heavy atom. The maximum Gasteiger partial charge on any atom is 0.0634 e. The third-order valence-electron chi connectivity index (χ3n) is 3.97. The molecular weight excluding hydrogens is 294 g/mol. The van der Waals surface area contributed by atoms with Gasteiger partial charge in [0.25, 0.3) is 0 Å². The van der Waals surface area contributed by atoms with Crippen molar-refractivity contribution in [3.63, 3.8) is 0 Å². The maximum absolute atomic E-state index is 3.82. The Hall–Kier alpha value is -1.58. The topological polar surface area (TPSA) is 12.0 Å². The van der Waals surface area contributed by atoms with Crippen molar-refractivity contribution >= 4 is 28.4 Å². The molecule has 4 rings (SSSR count). The second-order valence-electron chi connectivity index (χ2n) is 5.50. The van der Waals surface area contributed by atoms with E-state index in [2.05, 4.69) is 64.6 Å². The van der Waals surface area contributed by atoms with Gasteiger partial charge in [-0.3, -0.25) is 0 Å². The molecule has 0 saturated heterocycles. The van der Waals surface area contributed by atoms with E-state index < -0.39 is 0 Å². The molecule has 106 valence electrons. The lowest BCUT2D eigenvalue weighted by Crippen LogP contribution is -2.12. The summed E-state index contributed by atoms with van der Waals surface area (Å²) in [4.78, 5) is 2.79. The van der Waals surface area contributed by atoms with Gasteiger partial charge in [-0.05, 0) is 47.7 Å². The molecule has 0 spiro atoms. The first-order valence-electron chi connectivity index (χ1n) is 7.34. The van der Waals surface area contributed by atoms with E-state index in [-0.39, 0.29) is 0 Å². The molecule has 21 heavy (non-hydrogen) atoms. The van der Waals surface area contributed by atoms with Crippen LogP contribution in [0.1, 0.15) is 23.8 Å². The Balaban J connectivity index is 1.67. The number of anilines is 1. The van der Waals surface area contributed by atoms with E-state index in [4.69, 9.17) is 0 Å². The third-order valence-corrected chi connectivity index (χ3v) is 5.83. The van der Waals surface area contributed by atoms with Crippen molar-refractivity contribution in [2.75, 3.05) is 5.32 Å². The molecule has 2 aromatic heterocycles. The Kier molecular flexibility index (Phi) is 3.53. The van der Waals surface area contributed by atoms with Crippen molar-refractivity contribution in [1.29, 1.82) is 0 Å². The molecule has 1 saturated carbocycles. The van der Waals surface area contributed by atoms with Gasteiger partial charge in [-0.15, -0.1) is 22.7 Å². The van der Waals surface area contributed by atoms with Gasteiger partial charge in [0, 0.05) is 21.0 Å². The van der Waals surface area contributed by atoms with Crippen LogP contribution in [0.3, 0.4) is 0 Å². The van der Waals surface area contributed by atoms with Crippen molar-refractivity contribution in [3.05, 3.63) is 64.2 Å². The third kappa shape index (κ3) is 2.76. The summed E-state index contributed by atoms with van der Waals surface area (Å²) < 4.78 is 0. The zero-order chi connectivity index (χ0) is 14.1. The SMILES string of the molecule is c1csc(-c2ccccc2NC(c2cccs2)C2CC2)c1. The van der Waals surface area contributed by atoms with Gasteiger partial charge in [-0.1, -0.05) is 30.3 Å². The normalized spacial score (nSPS) is 15.8. The molecule has 1 atom stereocenters. The van der Waals surface area contributed by atoms with E-state index in [1.807, 2.05) is 11.3 Å². The Labute approximate surface area is 133 Å². The fourth-order valence-electron chi connectivity index (χ4n) is 2.74. The number of nitrogens with one attached hydrogen (secondary N) is 1. The highest BCUT2D eigenvalue weighted by atomic mass is 32.1. The van der Waals surface area contributed by atoms with Crippen LogP contribution in [0, 0.1) is 5.92 Å². The minimum atomic E-state index is 0.464. The fraction of sp³-hybridized carbons (Fsp3) is 0.222. The molecule has 1 N–H and O–H groups in total. The molecule has 3 heteroatoms. The molecular formula is C18H17NS2. The van der Waals surface area contributed by atoms with Gasteiger partial charge in [-0.25, -0.2) is 0 Å². The molecule has 0 aliphatic heterocycles. The molecule has 1 aromatic carbocycles.